The summed E-state index contributed by atoms with van der Waals surface area (Å²) >= 11 is 1.49. The first-order valence-electron chi connectivity index (χ1n) is 5.99. The van der Waals surface area contributed by atoms with E-state index in [1.54, 1.807) is 5.38 Å². The second-order valence-electron chi connectivity index (χ2n) is 4.59. The first kappa shape index (κ1) is 13.5. The van der Waals surface area contributed by atoms with E-state index in [4.69, 9.17) is 10.8 Å². The van der Waals surface area contributed by atoms with Crippen molar-refractivity contribution in [1.29, 1.82) is 0 Å². The molecule has 0 saturated carbocycles. The molecule has 100 valence electrons. The molecule has 0 radical (unpaired) electrons. The van der Waals surface area contributed by atoms with Gasteiger partial charge in [-0.1, -0.05) is 19.1 Å². The number of aromatic nitrogens is 1. The lowest BCUT2D eigenvalue weighted by Crippen LogP contribution is -2.02. The lowest BCUT2D eigenvalue weighted by Gasteiger charge is -2.10. The molecule has 2 aromatic rings. The summed E-state index contributed by atoms with van der Waals surface area (Å²) in [5.74, 6) is -0.737. The van der Waals surface area contributed by atoms with Crippen molar-refractivity contribution < 1.29 is 9.90 Å². The largest absolute Gasteiger partial charge is 0.481 e. The SMILES string of the molecule is Cc1ccc(C(C)c2nc(CC(=O)O)cs2)cc1N. The van der Waals surface area contributed by atoms with E-state index in [0.717, 1.165) is 21.8 Å². The third kappa shape index (κ3) is 3.12. The number of hydrogen-bond donors (Lipinski definition) is 2. The van der Waals surface area contributed by atoms with Gasteiger partial charge in [0.05, 0.1) is 12.1 Å². The van der Waals surface area contributed by atoms with Gasteiger partial charge in [0.2, 0.25) is 0 Å². The molecule has 1 unspecified atom stereocenters. The van der Waals surface area contributed by atoms with Gasteiger partial charge in [-0.2, -0.15) is 0 Å². The quantitative estimate of drug-likeness (QED) is 0.842. The van der Waals surface area contributed by atoms with Crippen LogP contribution in [0.5, 0.6) is 0 Å². The highest BCUT2D eigenvalue weighted by molar-refractivity contribution is 7.09. The maximum absolute atomic E-state index is 10.6. The number of nitrogen functional groups attached to an aromatic ring is 1. The molecular formula is C14H16N2O2S. The van der Waals surface area contributed by atoms with Gasteiger partial charge in [0, 0.05) is 17.0 Å². The van der Waals surface area contributed by atoms with Crippen LogP contribution in [0, 0.1) is 6.92 Å². The zero-order valence-corrected chi connectivity index (χ0v) is 11.7. The third-order valence-corrected chi connectivity index (χ3v) is 4.15. The molecule has 0 fully saturated rings. The van der Waals surface area contributed by atoms with Gasteiger partial charge in [0.15, 0.2) is 0 Å². The minimum Gasteiger partial charge on any atom is -0.481 e. The Morgan fingerprint density at radius 3 is 2.89 bits per heavy atom. The second-order valence-corrected chi connectivity index (χ2v) is 5.47. The molecule has 1 aromatic heterocycles. The predicted molar refractivity (Wildman–Crippen MR) is 76.6 cm³/mol. The van der Waals surface area contributed by atoms with Gasteiger partial charge in [-0.3, -0.25) is 4.79 Å². The van der Waals surface area contributed by atoms with Crippen LogP contribution in [0.25, 0.3) is 0 Å². The van der Waals surface area contributed by atoms with Gasteiger partial charge < -0.3 is 10.8 Å². The Morgan fingerprint density at radius 1 is 1.53 bits per heavy atom. The Bertz CT molecular complexity index is 607. The molecule has 0 aliphatic heterocycles. The van der Waals surface area contributed by atoms with Gasteiger partial charge >= 0.3 is 5.97 Å². The number of aliphatic carboxylic acids is 1. The average Bonchev–Trinajstić information content (AvgIpc) is 2.79. The maximum Gasteiger partial charge on any atom is 0.309 e. The van der Waals surface area contributed by atoms with Crippen molar-refractivity contribution >= 4 is 23.0 Å². The molecule has 3 N–H and O–H groups in total. The number of rotatable bonds is 4. The number of thiazole rings is 1. The molecule has 0 aliphatic rings. The number of hydrogen-bond acceptors (Lipinski definition) is 4. The topological polar surface area (TPSA) is 76.2 Å². The summed E-state index contributed by atoms with van der Waals surface area (Å²) in [5.41, 5.74) is 9.45. The van der Waals surface area contributed by atoms with Crippen LogP contribution in [0.4, 0.5) is 5.69 Å². The molecule has 2 rings (SSSR count). The van der Waals surface area contributed by atoms with Crippen LogP contribution in [0.2, 0.25) is 0 Å². The minimum atomic E-state index is -0.857. The van der Waals surface area contributed by atoms with E-state index in [1.165, 1.54) is 11.3 Å². The molecule has 1 heterocycles. The fraction of sp³-hybridized carbons (Fsp3) is 0.286. The molecule has 5 heteroatoms. The number of carboxylic acid groups (broad SMARTS) is 1. The molecule has 0 bridgehead atoms. The van der Waals surface area contributed by atoms with E-state index >= 15 is 0 Å². The van der Waals surface area contributed by atoms with E-state index in [1.807, 2.05) is 32.0 Å². The average molecular weight is 276 g/mol. The molecule has 0 saturated heterocycles. The number of nitrogens with zero attached hydrogens (tertiary/aromatic N) is 1. The maximum atomic E-state index is 10.6. The fourth-order valence-corrected chi connectivity index (χ4v) is 2.73. The second kappa shape index (κ2) is 5.40. The molecule has 0 spiro atoms. The third-order valence-electron chi connectivity index (χ3n) is 3.08. The standard InChI is InChI=1S/C14H16N2O2S/c1-8-3-4-10(5-12(8)15)9(2)14-16-11(7-19-14)6-13(17)18/h3-5,7,9H,6,15H2,1-2H3,(H,17,18). The van der Waals surface area contributed by atoms with Crippen molar-refractivity contribution in [2.75, 3.05) is 5.73 Å². The first-order valence-corrected chi connectivity index (χ1v) is 6.87. The molecule has 0 aliphatic carbocycles. The molecule has 0 amide bonds. The van der Waals surface area contributed by atoms with Crippen molar-refractivity contribution in [2.24, 2.45) is 0 Å². The molecular weight excluding hydrogens is 260 g/mol. The lowest BCUT2D eigenvalue weighted by atomic mass is 9.99. The van der Waals surface area contributed by atoms with Crippen LogP contribution >= 0.6 is 11.3 Å². The molecule has 19 heavy (non-hydrogen) atoms. The van der Waals surface area contributed by atoms with Gasteiger partial charge in [0.1, 0.15) is 5.01 Å². The van der Waals surface area contributed by atoms with Crippen LogP contribution < -0.4 is 5.73 Å². The van der Waals surface area contributed by atoms with Crippen molar-refractivity contribution in [2.45, 2.75) is 26.2 Å². The predicted octanol–water partition coefficient (Wildman–Crippen LogP) is 2.81. The summed E-state index contributed by atoms with van der Waals surface area (Å²) in [4.78, 5) is 15.0. The number of benzene rings is 1. The van der Waals surface area contributed by atoms with E-state index < -0.39 is 5.97 Å². The summed E-state index contributed by atoms with van der Waals surface area (Å²) < 4.78 is 0. The van der Waals surface area contributed by atoms with E-state index in [0.29, 0.717) is 5.69 Å². The van der Waals surface area contributed by atoms with Crippen molar-refractivity contribution in [1.82, 2.24) is 4.98 Å². The Kier molecular flexibility index (Phi) is 3.85. The van der Waals surface area contributed by atoms with Crippen molar-refractivity contribution in [3.8, 4) is 0 Å². The van der Waals surface area contributed by atoms with Crippen molar-refractivity contribution in [3.63, 3.8) is 0 Å². The number of carboxylic acids is 1. The number of aryl methyl sites for hydroxylation is 1. The summed E-state index contributed by atoms with van der Waals surface area (Å²) in [7, 11) is 0. The van der Waals surface area contributed by atoms with Gasteiger partial charge in [-0.15, -0.1) is 11.3 Å². The van der Waals surface area contributed by atoms with E-state index in [-0.39, 0.29) is 12.3 Å². The van der Waals surface area contributed by atoms with Gasteiger partial charge in [-0.25, -0.2) is 4.98 Å². The van der Waals surface area contributed by atoms with Crippen LogP contribution in [0.1, 0.15) is 34.7 Å². The summed E-state index contributed by atoms with van der Waals surface area (Å²) in [5, 5.41) is 11.5. The van der Waals surface area contributed by atoms with Gasteiger partial charge in [0.25, 0.3) is 0 Å². The molecule has 4 nitrogen and oxygen atoms in total. The molecule has 1 aromatic carbocycles. The zero-order chi connectivity index (χ0) is 14.0. The smallest absolute Gasteiger partial charge is 0.309 e. The number of nitrogens with two attached hydrogens (primary N) is 1. The normalized spacial score (nSPS) is 12.3. The highest BCUT2D eigenvalue weighted by Crippen LogP contribution is 2.29. The first-order chi connectivity index (χ1) is 8.97. The fourth-order valence-electron chi connectivity index (χ4n) is 1.83. The van der Waals surface area contributed by atoms with E-state index in [9.17, 15) is 4.79 Å². The summed E-state index contributed by atoms with van der Waals surface area (Å²) in [6, 6.07) is 5.99. The Morgan fingerprint density at radius 2 is 2.26 bits per heavy atom. The lowest BCUT2D eigenvalue weighted by molar-refractivity contribution is -0.136. The Hall–Kier alpha value is -1.88. The minimum absolute atomic E-state index is 0.0285. The highest BCUT2D eigenvalue weighted by Gasteiger charge is 2.14. The monoisotopic (exact) mass is 276 g/mol. The Balaban J connectivity index is 2.23. The molecule has 1 atom stereocenters. The van der Waals surface area contributed by atoms with E-state index in [2.05, 4.69) is 4.98 Å². The zero-order valence-electron chi connectivity index (χ0n) is 10.9. The summed E-state index contributed by atoms with van der Waals surface area (Å²) in [6.07, 6.45) is -0.0285. The number of carbonyl (C=O) groups is 1. The number of anilines is 1. The van der Waals surface area contributed by atoms with Crippen LogP contribution in [0.15, 0.2) is 23.6 Å². The van der Waals surface area contributed by atoms with Crippen LogP contribution in [-0.2, 0) is 11.2 Å². The highest BCUT2D eigenvalue weighted by atomic mass is 32.1. The van der Waals surface area contributed by atoms with Gasteiger partial charge in [-0.05, 0) is 24.1 Å². The summed E-state index contributed by atoms with van der Waals surface area (Å²) in [6.45, 7) is 4.02. The van der Waals surface area contributed by atoms with Crippen molar-refractivity contribution in [3.05, 3.63) is 45.4 Å². The van der Waals surface area contributed by atoms with Crippen LogP contribution in [-0.4, -0.2) is 16.1 Å². The Labute approximate surface area is 115 Å². The van der Waals surface area contributed by atoms with Crippen LogP contribution in [0.3, 0.4) is 0 Å².